The molecule has 3 aromatic rings. The van der Waals surface area contributed by atoms with E-state index in [0.717, 1.165) is 16.8 Å². The van der Waals surface area contributed by atoms with Crippen LogP contribution in [0.3, 0.4) is 0 Å². The van der Waals surface area contributed by atoms with Gasteiger partial charge in [-0.15, -0.1) is 5.10 Å². The molecule has 0 aliphatic carbocycles. The van der Waals surface area contributed by atoms with Crippen molar-refractivity contribution in [3.63, 3.8) is 0 Å². The van der Waals surface area contributed by atoms with Crippen LogP contribution in [0.4, 0.5) is 5.69 Å². The Bertz CT molecular complexity index is 1000. The monoisotopic (exact) mass is 410 g/mol. The molecule has 0 radical (unpaired) electrons. The predicted octanol–water partition coefficient (Wildman–Crippen LogP) is 2.47. The standard InChI is InChI=1S/C20H22N6O2S/c1-14-8-10-16(11-9-14)21-18(27)12-25(3)19(28)13-29-20-22-23-24-26(20)17-7-5-4-6-15(17)2/h4-11H,12-13H2,1-3H3,(H,21,27). The lowest BCUT2D eigenvalue weighted by Crippen LogP contribution is -2.36. The number of hydrogen-bond acceptors (Lipinski definition) is 6. The van der Waals surface area contributed by atoms with Crippen LogP contribution < -0.4 is 5.32 Å². The summed E-state index contributed by atoms with van der Waals surface area (Å²) >= 11 is 1.23. The Morgan fingerprint density at radius 2 is 1.83 bits per heavy atom. The minimum atomic E-state index is -0.251. The first kappa shape index (κ1) is 20.5. The average Bonchev–Trinajstić information content (AvgIpc) is 3.16. The van der Waals surface area contributed by atoms with E-state index in [1.165, 1.54) is 16.7 Å². The fourth-order valence-corrected chi connectivity index (χ4v) is 3.42. The van der Waals surface area contributed by atoms with Gasteiger partial charge in [0.2, 0.25) is 17.0 Å². The lowest BCUT2D eigenvalue weighted by atomic mass is 10.2. The number of tetrazole rings is 1. The predicted molar refractivity (Wildman–Crippen MR) is 112 cm³/mol. The number of thioether (sulfide) groups is 1. The lowest BCUT2D eigenvalue weighted by molar-refractivity contribution is -0.131. The smallest absolute Gasteiger partial charge is 0.243 e. The third kappa shape index (κ3) is 5.41. The van der Waals surface area contributed by atoms with E-state index in [2.05, 4.69) is 20.8 Å². The SMILES string of the molecule is Cc1ccc(NC(=O)CN(C)C(=O)CSc2nnnn2-c2ccccc2C)cc1. The molecule has 2 aromatic carbocycles. The van der Waals surface area contributed by atoms with Crippen molar-refractivity contribution in [2.75, 3.05) is 24.7 Å². The maximum Gasteiger partial charge on any atom is 0.243 e. The van der Waals surface area contributed by atoms with E-state index in [1.807, 2.05) is 62.4 Å². The summed E-state index contributed by atoms with van der Waals surface area (Å²) in [5.41, 5.74) is 3.70. The van der Waals surface area contributed by atoms with Crippen molar-refractivity contribution >= 4 is 29.3 Å². The van der Waals surface area contributed by atoms with E-state index in [9.17, 15) is 9.59 Å². The Hall–Kier alpha value is -3.20. The molecule has 0 saturated heterocycles. The van der Waals surface area contributed by atoms with Crippen LogP contribution >= 0.6 is 11.8 Å². The molecule has 0 spiro atoms. The van der Waals surface area contributed by atoms with Crippen LogP contribution in [0.25, 0.3) is 5.69 Å². The van der Waals surface area contributed by atoms with E-state index < -0.39 is 0 Å². The summed E-state index contributed by atoms with van der Waals surface area (Å²) < 4.78 is 1.61. The van der Waals surface area contributed by atoms with Gasteiger partial charge >= 0.3 is 0 Å². The van der Waals surface area contributed by atoms with Crippen molar-refractivity contribution in [3.05, 3.63) is 59.7 Å². The number of para-hydroxylation sites is 1. The molecule has 0 saturated carbocycles. The number of likely N-dealkylation sites (N-methyl/N-ethyl adjacent to an activating group) is 1. The van der Waals surface area contributed by atoms with Crippen LogP contribution in [0.15, 0.2) is 53.7 Å². The average molecular weight is 411 g/mol. The minimum absolute atomic E-state index is 0.0317. The fraction of sp³-hybridized carbons (Fsp3) is 0.250. The molecule has 1 N–H and O–H groups in total. The first-order valence-corrected chi connectivity index (χ1v) is 10.0. The molecule has 2 amide bonds. The summed E-state index contributed by atoms with van der Waals surface area (Å²) in [6.07, 6.45) is 0. The quantitative estimate of drug-likeness (QED) is 0.602. The van der Waals surface area contributed by atoms with E-state index in [4.69, 9.17) is 0 Å². The number of nitrogens with one attached hydrogen (secondary N) is 1. The van der Waals surface area contributed by atoms with Gasteiger partial charge in [0.15, 0.2) is 0 Å². The van der Waals surface area contributed by atoms with Crippen LogP contribution in [0.2, 0.25) is 0 Å². The van der Waals surface area contributed by atoms with Gasteiger partial charge in [0.25, 0.3) is 0 Å². The van der Waals surface area contributed by atoms with Crippen molar-refractivity contribution in [2.24, 2.45) is 0 Å². The zero-order chi connectivity index (χ0) is 20.8. The summed E-state index contributed by atoms with van der Waals surface area (Å²) in [4.78, 5) is 26.0. The van der Waals surface area contributed by atoms with Gasteiger partial charge in [0.1, 0.15) is 0 Å². The van der Waals surface area contributed by atoms with Crippen LogP contribution in [0, 0.1) is 13.8 Å². The molecule has 0 aliphatic heterocycles. The molecule has 0 aliphatic rings. The third-order valence-electron chi connectivity index (χ3n) is 4.25. The van der Waals surface area contributed by atoms with Crippen molar-refractivity contribution in [3.8, 4) is 5.69 Å². The molecule has 9 heteroatoms. The Labute approximate surface area is 173 Å². The van der Waals surface area contributed by atoms with Crippen molar-refractivity contribution < 1.29 is 9.59 Å². The summed E-state index contributed by atoms with van der Waals surface area (Å²) in [5.74, 6) is -0.312. The van der Waals surface area contributed by atoms with Crippen molar-refractivity contribution in [1.82, 2.24) is 25.1 Å². The molecule has 8 nitrogen and oxygen atoms in total. The van der Waals surface area contributed by atoms with Crippen LogP contribution in [-0.2, 0) is 9.59 Å². The number of anilines is 1. The largest absolute Gasteiger partial charge is 0.336 e. The molecule has 3 rings (SSSR count). The zero-order valence-electron chi connectivity index (χ0n) is 16.5. The Morgan fingerprint density at radius 3 is 2.55 bits per heavy atom. The van der Waals surface area contributed by atoms with Gasteiger partial charge in [-0.1, -0.05) is 47.7 Å². The van der Waals surface area contributed by atoms with Gasteiger partial charge in [-0.2, -0.15) is 4.68 Å². The van der Waals surface area contributed by atoms with Gasteiger partial charge in [0.05, 0.1) is 18.0 Å². The van der Waals surface area contributed by atoms with Crippen LogP contribution in [-0.4, -0.2) is 56.3 Å². The van der Waals surface area contributed by atoms with E-state index >= 15 is 0 Å². The van der Waals surface area contributed by atoms with Gasteiger partial charge in [-0.05, 0) is 48.0 Å². The maximum absolute atomic E-state index is 12.4. The molecule has 0 bridgehead atoms. The van der Waals surface area contributed by atoms with Gasteiger partial charge in [-0.3, -0.25) is 9.59 Å². The van der Waals surface area contributed by atoms with Gasteiger partial charge in [0, 0.05) is 12.7 Å². The molecule has 1 heterocycles. The maximum atomic E-state index is 12.4. The number of nitrogens with zero attached hydrogens (tertiary/aromatic N) is 5. The highest BCUT2D eigenvalue weighted by Crippen LogP contribution is 2.20. The Kier molecular flexibility index (Phi) is 6.61. The molecule has 29 heavy (non-hydrogen) atoms. The molecule has 150 valence electrons. The second-order valence-electron chi connectivity index (χ2n) is 6.61. The lowest BCUT2D eigenvalue weighted by Gasteiger charge is -2.16. The zero-order valence-corrected chi connectivity index (χ0v) is 17.3. The van der Waals surface area contributed by atoms with Crippen LogP contribution in [0.5, 0.6) is 0 Å². The number of hydrogen-bond donors (Lipinski definition) is 1. The van der Waals surface area contributed by atoms with Gasteiger partial charge < -0.3 is 10.2 Å². The molecule has 1 aromatic heterocycles. The van der Waals surface area contributed by atoms with E-state index in [0.29, 0.717) is 10.8 Å². The Balaban J connectivity index is 1.54. The number of carbonyl (C=O) groups excluding carboxylic acids is 2. The van der Waals surface area contributed by atoms with E-state index in [1.54, 1.807) is 11.7 Å². The summed E-state index contributed by atoms with van der Waals surface area (Å²) in [5, 5.41) is 15.0. The summed E-state index contributed by atoms with van der Waals surface area (Å²) in [7, 11) is 1.60. The second-order valence-corrected chi connectivity index (χ2v) is 7.55. The van der Waals surface area contributed by atoms with Crippen LogP contribution in [0.1, 0.15) is 11.1 Å². The first-order chi connectivity index (χ1) is 13.9. The number of carbonyl (C=O) groups is 2. The molecular formula is C20H22N6O2S. The number of benzene rings is 2. The number of rotatable bonds is 7. The molecule has 0 fully saturated rings. The van der Waals surface area contributed by atoms with Crippen molar-refractivity contribution in [1.29, 1.82) is 0 Å². The number of amides is 2. The topological polar surface area (TPSA) is 93.0 Å². The highest BCUT2D eigenvalue weighted by Gasteiger charge is 2.17. The van der Waals surface area contributed by atoms with E-state index in [-0.39, 0.29) is 24.1 Å². The second kappa shape index (κ2) is 9.33. The number of aromatic nitrogens is 4. The Morgan fingerprint density at radius 1 is 1.10 bits per heavy atom. The third-order valence-corrected chi connectivity index (χ3v) is 5.16. The number of aryl methyl sites for hydroxylation is 2. The summed E-state index contributed by atoms with van der Waals surface area (Å²) in [6.45, 7) is 3.91. The summed E-state index contributed by atoms with van der Waals surface area (Å²) in [6, 6.07) is 15.2. The molecule has 0 unspecified atom stereocenters. The highest BCUT2D eigenvalue weighted by atomic mass is 32.2. The normalized spacial score (nSPS) is 10.6. The minimum Gasteiger partial charge on any atom is -0.336 e. The van der Waals surface area contributed by atoms with Crippen molar-refractivity contribution in [2.45, 2.75) is 19.0 Å². The fourth-order valence-electron chi connectivity index (χ4n) is 2.60. The molecular weight excluding hydrogens is 388 g/mol. The molecule has 0 atom stereocenters. The first-order valence-electron chi connectivity index (χ1n) is 9.01. The van der Waals surface area contributed by atoms with Gasteiger partial charge in [-0.25, -0.2) is 0 Å². The highest BCUT2D eigenvalue weighted by molar-refractivity contribution is 7.99.